The highest BCUT2D eigenvalue weighted by Crippen LogP contribution is 2.24. The molecule has 2 aromatic rings. The summed E-state index contributed by atoms with van der Waals surface area (Å²) in [4.78, 5) is 12.4. The lowest BCUT2D eigenvalue weighted by Gasteiger charge is -2.20. The molecule has 0 radical (unpaired) electrons. The summed E-state index contributed by atoms with van der Waals surface area (Å²) in [6.07, 6.45) is 0. The highest BCUT2D eigenvalue weighted by atomic mass is 32.2. The molecule has 0 saturated carbocycles. The van der Waals surface area contributed by atoms with E-state index < -0.39 is 10.0 Å². The first kappa shape index (κ1) is 20.8. The first-order chi connectivity index (χ1) is 12.7. The summed E-state index contributed by atoms with van der Waals surface area (Å²) in [5, 5.41) is 2.93. The van der Waals surface area contributed by atoms with Crippen molar-refractivity contribution in [3.63, 3.8) is 0 Å². The zero-order chi connectivity index (χ0) is 20.2. The standard InChI is InChI=1S/C20H26N2O4S/c1-14(2)15(3)21-20(23)16-6-8-17(9-7-16)22(4)27(24,25)19-12-10-18(26-5)11-13-19/h6-15H,1-5H3,(H,21,23)/t15-/m0/s1. The van der Waals surface area contributed by atoms with Crippen LogP contribution in [0.2, 0.25) is 0 Å². The van der Waals surface area contributed by atoms with Crippen molar-refractivity contribution in [3.8, 4) is 5.75 Å². The molecule has 146 valence electrons. The number of sulfonamides is 1. The lowest BCUT2D eigenvalue weighted by Crippen LogP contribution is -2.36. The van der Waals surface area contributed by atoms with Gasteiger partial charge in [-0.1, -0.05) is 13.8 Å². The van der Waals surface area contributed by atoms with E-state index in [1.807, 2.05) is 20.8 Å². The first-order valence-electron chi connectivity index (χ1n) is 8.70. The van der Waals surface area contributed by atoms with Gasteiger partial charge in [-0.25, -0.2) is 8.42 Å². The van der Waals surface area contributed by atoms with Gasteiger partial charge < -0.3 is 10.1 Å². The molecule has 0 aliphatic heterocycles. The molecule has 0 aromatic heterocycles. The van der Waals surface area contributed by atoms with E-state index in [0.717, 1.165) is 0 Å². The Bertz CT molecular complexity index is 875. The molecule has 1 amide bonds. The summed E-state index contributed by atoms with van der Waals surface area (Å²) >= 11 is 0. The van der Waals surface area contributed by atoms with Crippen LogP contribution in [0.4, 0.5) is 5.69 Å². The molecule has 2 rings (SSSR count). The lowest BCUT2D eigenvalue weighted by atomic mass is 10.1. The Labute approximate surface area is 161 Å². The summed E-state index contributed by atoms with van der Waals surface area (Å²) < 4.78 is 31.8. The van der Waals surface area contributed by atoms with Crippen molar-refractivity contribution in [2.24, 2.45) is 5.92 Å². The summed E-state index contributed by atoms with van der Waals surface area (Å²) in [6.45, 7) is 6.02. The van der Waals surface area contributed by atoms with Gasteiger partial charge in [0.25, 0.3) is 15.9 Å². The van der Waals surface area contributed by atoms with Gasteiger partial charge in [0.15, 0.2) is 0 Å². The van der Waals surface area contributed by atoms with E-state index >= 15 is 0 Å². The fourth-order valence-corrected chi connectivity index (χ4v) is 3.52. The zero-order valence-corrected chi connectivity index (χ0v) is 17.1. The summed E-state index contributed by atoms with van der Waals surface area (Å²) in [5.74, 6) is 0.736. The van der Waals surface area contributed by atoms with Crippen molar-refractivity contribution in [3.05, 3.63) is 54.1 Å². The van der Waals surface area contributed by atoms with Gasteiger partial charge in [0.2, 0.25) is 0 Å². The van der Waals surface area contributed by atoms with Gasteiger partial charge in [-0.3, -0.25) is 9.10 Å². The molecule has 1 atom stereocenters. The largest absolute Gasteiger partial charge is 0.497 e. The van der Waals surface area contributed by atoms with Crippen molar-refractivity contribution in [2.45, 2.75) is 31.7 Å². The maximum Gasteiger partial charge on any atom is 0.264 e. The van der Waals surface area contributed by atoms with Gasteiger partial charge in [0, 0.05) is 18.7 Å². The topological polar surface area (TPSA) is 75.7 Å². The number of hydrogen-bond acceptors (Lipinski definition) is 4. The van der Waals surface area contributed by atoms with Crippen LogP contribution in [0.1, 0.15) is 31.1 Å². The van der Waals surface area contributed by atoms with Crippen LogP contribution in [0.3, 0.4) is 0 Å². The normalized spacial score (nSPS) is 12.5. The molecule has 7 heteroatoms. The molecule has 0 spiro atoms. The number of carbonyl (C=O) groups is 1. The zero-order valence-electron chi connectivity index (χ0n) is 16.3. The van der Waals surface area contributed by atoms with Crippen LogP contribution in [0.25, 0.3) is 0 Å². The third kappa shape index (κ3) is 4.80. The average Bonchev–Trinajstić information content (AvgIpc) is 2.67. The Morgan fingerprint density at radius 2 is 1.56 bits per heavy atom. The predicted molar refractivity (Wildman–Crippen MR) is 107 cm³/mol. The van der Waals surface area contributed by atoms with E-state index in [0.29, 0.717) is 22.9 Å². The number of amides is 1. The summed E-state index contributed by atoms with van der Waals surface area (Å²) in [5.41, 5.74) is 0.959. The van der Waals surface area contributed by atoms with E-state index in [4.69, 9.17) is 4.74 Å². The van der Waals surface area contributed by atoms with Gasteiger partial charge in [0.1, 0.15) is 5.75 Å². The number of rotatable bonds is 7. The van der Waals surface area contributed by atoms with Crippen molar-refractivity contribution in [1.82, 2.24) is 5.32 Å². The second-order valence-electron chi connectivity index (χ2n) is 6.70. The number of nitrogens with zero attached hydrogens (tertiary/aromatic N) is 1. The monoisotopic (exact) mass is 390 g/mol. The van der Waals surface area contributed by atoms with Gasteiger partial charge in [-0.05, 0) is 61.4 Å². The highest BCUT2D eigenvalue weighted by Gasteiger charge is 2.21. The first-order valence-corrected chi connectivity index (χ1v) is 10.1. The van der Waals surface area contributed by atoms with Crippen molar-refractivity contribution in [2.75, 3.05) is 18.5 Å². The van der Waals surface area contributed by atoms with Crippen LogP contribution in [0.5, 0.6) is 5.75 Å². The molecule has 0 aliphatic carbocycles. The molecule has 0 saturated heterocycles. The number of benzene rings is 2. The second kappa shape index (κ2) is 8.43. The Morgan fingerprint density at radius 1 is 1.00 bits per heavy atom. The fourth-order valence-electron chi connectivity index (χ4n) is 2.32. The van der Waals surface area contributed by atoms with Crippen molar-refractivity contribution < 1.29 is 17.9 Å². The molecule has 0 unspecified atom stereocenters. The van der Waals surface area contributed by atoms with Gasteiger partial charge in [-0.15, -0.1) is 0 Å². The molecule has 0 aliphatic rings. The number of nitrogens with one attached hydrogen (secondary N) is 1. The van der Waals surface area contributed by atoms with Crippen LogP contribution >= 0.6 is 0 Å². The second-order valence-corrected chi connectivity index (χ2v) is 8.67. The minimum absolute atomic E-state index is 0.0512. The minimum atomic E-state index is -3.70. The smallest absolute Gasteiger partial charge is 0.264 e. The number of hydrogen-bond donors (Lipinski definition) is 1. The molecule has 0 bridgehead atoms. The number of ether oxygens (including phenoxy) is 1. The van der Waals surface area contributed by atoms with E-state index in [1.54, 1.807) is 36.4 Å². The van der Waals surface area contributed by atoms with Crippen LogP contribution in [-0.4, -0.2) is 34.5 Å². The van der Waals surface area contributed by atoms with Crippen molar-refractivity contribution >= 4 is 21.6 Å². The SMILES string of the molecule is COc1ccc(S(=O)(=O)N(C)c2ccc(C(=O)N[C@@H](C)C(C)C)cc2)cc1. The molecular formula is C20H26N2O4S. The predicted octanol–water partition coefficient (Wildman–Crippen LogP) is 3.29. The third-order valence-corrected chi connectivity index (χ3v) is 6.37. The summed E-state index contributed by atoms with van der Waals surface area (Å²) in [6, 6.07) is 12.7. The van der Waals surface area contributed by atoms with Gasteiger partial charge >= 0.3 is 0 Å². The molecule has 1 N–H and O–H groups in total. The molecule has 0 heterocycles. The number of carbonyl (C=O) groups excluding carboxylic acids is 1. The molecule has 27 heavy (non-hydrogen) atoms. The Morgan fingerprint density at radius 3 is 2.04 bits per heavy atom. The van der Waals surface area contributed by atoms with E-state index in [2.05, 4.69) is 5.32 Å². The fraction of sp³-hybridized carbons (Fsp3) is 0.350. The van der Waals surface area contributed by atoms with E-state index in [1.165, 1.54) is 30.6 Å². The number of anilines is 1. The number of methoxy groups -OCH3 is 1. The van der Waals surface area contributed by atoms with Crippen LogP contribution in [-0.2, 0) is 10.0 Å². The Hall–Kier alpha value is -2.54. The van der Waals surface area contributed by atoms with Gasteiger partial charge in [-0.2, -0.15) is 0 Å². The molecule has 2 aromatic carbocycles. The van der Waals surface area contributed by atoms with Crippen LogP contribution in [0, 0.1) is 5.92 Å². The Balaban J connectivity index is 2.18. The van der Waals surface area contributed by atoms with Crippen LogP contribution in [0.15, 0.2) is 53.4 Å². The third-order valence-electron chi connectivity index (χ3n) is 4.57. The van der Waals surface area contributed by atoms with E-state index in [-0.39, 0.29) is 16.8 Å². The summed E-state index contributed by atoms with van der Waals surface area (Å²) in [7, 11) is -0.698. The lowest BCUT2D eigenvalue weighted by molar-refractivity contribution is 0.0930. The maximum atomic E-state index is 12.8. The highest BCUT2D eigenvalue weighted by molar-refractivity contribution is 7.92. The van der Waals surface area contributed by atoms with Crippen LogP contribution < -0.4 is 14.4 Å². The Kier molecular flexibility index (Phi) is 6.49. The molecular weight excluding hydrogens is 364 g/mol. The molecule has 6 nitrogen and oxygen atoms in total. The average molecular weight is 391 g/mol. The quantitative estimate of drug-likeness (QED) is 0.787. The maximum absolute atomic E-state index is 12.8. The van der Waals surface area contributed by atoms with Gasteiger partial charge in [0.05, 0.1) is 17.7 Å². The van der Waals surface area contributed by atoms with Crippen molar-refractivity contribution in [1.29, 1.82) is 0 Å². The minimum Gasteiger partial charge on any atom is -0.497 e. The molecule has 0 fully saturated rings. The van der Waals surface area contributed by atoms with E-state index in [9.17, 15) is 13.2 Å².